The van der Waals surface area contributed by atoms with Gasteiger partial charge in [0.2, 0.25) is 0 Å². The predicted octanol–water partition coefficient (Wildman–Crippen LogP) is 3.37. The van der Waals surface area contributed by atoms with Crippen molar-refractivity contribution in [3.63, 3.8) is 0 Å². The summed E-state index contributed by atoms with van der Waals surface area (Å²) in [5, 5.41) is 3.32. The number of ether oxygens (including phenoxy) is 1. The third-order valence-electron chi connectivity index (χ3n) is 3.54. The molecule has 0 spiro atoms. The summed E-state index contributed by atoms with van der Waals surface area (Å²) in [4.78, 5) is 24.3. The number of amides is 1. The number of hydrogen-bond acceptors (Lipinski definition) is 3. The summed E-state index contributed by atoms with van der Waals surface area (Å²) in [5.74, 6) is -0.805. The van der Waals surface area contributed by atoms with Crippen LogP contribution in [-0.2, 0) is 16.0 Å². The minimum Gasteiger partial charge on any atom is -0.448 e. The Hall–Kier alpha value is -2.33. The monoisotopic (exact) mass is 315 g/mol. The van der Waals surface area contributed by atoms with Crippen LogP contribution in [-0.4, -0.2) is 18.0 Å². The van der Waals surface area contributed by atoms with Gasteiger partial charge >= 0.3 is 5.97 Å². The number of aryl methyl sites for hydroxylation is 1. The smallest absolute Gasteiger partial charge is 0.339 e. The molecule has 2 aromatic carbocycles. The first-order valence-corrected chi connectivity index (χ1v) is 7.27. The van der Waals surface area contributed by atoms with Crippen LogP contribution in [0.1, 0.15) is 21.5 Å². The van der Waals surface area contributed by atoms with Crippen LogP contribution in [0.2, 0.25) is 5.02 Å². The summed E-state index contributed by atoms with van der Waals surface area (Å²) >= 11 is 5.80. The number of carbonyl (C=O) groups is 2. The van der Waals surface area contributed by atoms with Crippen LogP contribution in [0.5, 0.6) is 0 Å². The third kappa shape index (κ3) is 2.97. The Balaban J connectivity index is 1.77. The van der Waals surface area contributed by atoms with Gasteiger partial charge in [-0.05, 0) is 42.8 Å². The number of esters is 1. The Morgan fingerprint density at radius 3 is 2.68 bits per heavy atom. The van der Waals surface area contributed by atoms with Crippen LogP contribution in [0.25, 0.3) is 0 Å². The Kier molecular flexibility index (Phi) is 3.86. The molecule has 0 fully saturated rings. The van der Waals surface area contributed by atoms with Gasteiger partial charge in [0.1, 0.15) is 0 Å². The first-order valence-electron chi connectivity index (χ1n) is 6.90. The van der Waals surface area contributed by atoms with E-state index in [0.29, 0.717) is 22.7 Å². The number of nitrogens with one attached hydrogen (secondary N) is 1. The van der Waals surface area contributed by atoms with E-state index in [1.807, 2.05) is 19.1 Å². The van der Waals surface area contributed by atoms with Gasteiger partial charge in [-0.25, -0.2) is 4.79 Å². The molecule has 0 radical (unpaired) electrons. The molecule has 1 heterocycles. The van der Waals surface area contributed by atoms with Crippen molar-refractivity contribution >= 4 is 29.2 Å². The van der Waals surface area contributed by atoms with Crippen LogP contribution in [0.15, 0.2) is 42.5 Å². The van der Waals surface area contributed by atoms with E-state index >= 15 is 0 Å². The molecule has 1 aliphatic heterocycles. The fourth-order valence-corrected chi connectivity index (χ4v) is 2.55. The highest BCUT2D eigenvalue weighted by molar-refractivity contribution is 6.30. The molecule has 3 rings (SSSR count). The van der Waals surface area contributed by atoms with Gasteiger partial charge in [-0.3, -0.25) is 4.79 Å². The first-order chi connectivity index (χ1) is 10.5. The molecular weight excluding hydrogens is 302 g/mol. The summed E-state index contributed by atoms with van der Waals surface area (Å²) in [7, 11) is 0. The van der Waals surface area contributed by atoms with Gasteiger partial charge in [-0.2, -0.15) is 0 Å². The highest BCUT2D eigenvalue weighted by atomic mass is 35.5. The number of halogens is 1. The molecule has 1 unspecified atom stereocenters. The molecule has 1 amide bonds. The molecule has 5 heteroatoms. The van der Waals surface area contributed by atoms with Gasteiger partial charge in [-0.15, -0.1) is 0 Å². The van der Waals surface area contributed by atoms with Crippen LogP contribution in [0, 0.1) is 6.92 Å². The molecule has 2 aromatic rings. The normalized spacial score (nSPS) is 16.6. The van der Waals surface area contributed by atoms with Gasteiger partial charge in [-0.1, -0.05) is 29.3 Å². The van der Waals surface area contributed by atoms with E-state index in [-0.39, 0.29) is 5.91 Å². The van der Waals surface area contributed by atoms with Gasteiger partial charge in [0, 0.05) is 17.1 Å². The zero-order valence-corrected chi connectivity index (χ0v) is 12.7. The fourth-order valence-electron chi connectivity index (χ4n) is 2.43. The highest BCUT2D eigenvalue weighted by Crippen LogP contribution is 2.23. The van der Waals surface area contributed by atoms with Crippen molar-refractivity contribution in [1.29, 1.82) is 0 Å². The summed E-state index contributed by atoms with van der Waals surface area (Å²) in [6.07, 6.45) is -0.445. The molecule has 0 aromatic heterocycles. The average Bonchev–Trinajstić information content (AvgIpc) is 2.49. The molecule has 0 saturated carbocycles. The van der Waals surface area contributed by atoms with Gasteiger partial charge in [0.25, 0.3) is 5.91 Å². The van der Waals surface area contributed by atoms with E-state index in [1.165, 1.54) is 0 Å². The van der Waals surface area contributed by atoms with E-state index in [4.69, 9.17) is 16.3 Å². The molecule has 22 heavy (non-hydrogen) atoms. The lowest BCUT2D eigenvalue weighted by Gasteiger charge is -2.24. The number of rotatable bonds is 2. The van der Waals surface area contributed by atoms with Crippen LogP contribution in [0.4, 0.5) is 5.69 Å². The minimum absolute atomic E-state index is 0.345. The van der Waals surface area contributed by atoms with Crippen molar-refractivity contribution < 1.29 is 14.3 Å². The van der Waals surface area contributed by atoms with Crippen LogP contribution < -0.4 is 5.32 Å². The number of fused-ring (bicyclic) bond motifs is 1. The van der Waals surface area contributed by atoms with Crippen molar-refractivity contribution in [2.45, 2.75) is 19.4 Å². The SMILES string of the molecule is Cc1ccc2c(c1)CC(C(=O)Nc1ccc(Cl)cc1)OC2=O. The maximum Gasteiger partial charge on any atom is 0.339 e. The Labute approximate surface area is 133 Å². The highest BCUT2D eigenvalue weighted by Gasteiger charge is 2.31. The molecule has 0 saturated heterocycles. The minimum atomic E-state index is -0.822. The summed E-state index contributed by atoms with van der Waals surface area (Å²) in [6.45, 7) is 1.95. The Morgan fingerprint density at radius 1 is 1.23 bits per heavy atom. The second-order valence-corrected chi connectivity index (χ2v) is 5.69. The van der Waals surface area contributed by atoms with Gasteiger partial charge in [0.05, 0.1) is 5.56 Å². The molecule has 1 aliphatic rings. The van der Waals surface area contributed by atoms with E-state index in [2.05, 4.69) is 5.32 Å². The zero-order chi connectivity index (χ0) is 15.7. The molecule has 0 aliphatic carbocycles. The maximum absolute atomic E-state index is 12.3. The summed E-state index contributed by atoms with van der Waals surface area (Å²) < 4.78 is 5.23. The van der Waals surface area contributed by atoms with Crippen molar-refractivity contribution in [2.75, 3.05) is 5.32 Å². The van der Waals surface area contributed by atoms with Crippen LogP contribution >= 0.6 is 11.6 Å². The van der Waals surface area contributed by atoms with E-state index < -0.39 is 12.1 Å². The van der Waals surface area contributed by atoms with Crippen molar-refractivity contribution in [3.8, 4) is 0 Å². The van der Waals surface area contributed by atoms with Gasteiger partial charge < -0.3 is 10.1 Å². The average molecular weight is 316 g/mol. The molecule has 1 N–H and O–H groups in total. The summed E-state index contributed by atoms with van der Waals surface area (Å²) in [5.41, 5.74) is 3.03. The second kappa shape index (κ2) is 5.81. The van der Waals surface area contributed by atoms with E-state index in [1.54, 1.807) is 30.3 Å². The van der Waals surface area contributed by atoms with Crippen molar-refractivity contribution in [3.05, 3.63) is 64.2 Å². The fraction of sp³-hybridized carbons (Fsp3) is 0.176. The number of anilines is 1. The van der Waals surface area contributed by atoms with E-state index in [9.17, 15) is 9.59 Å². The first kappa shape index (κ1) is 14.6. The van der Waals surface area contributed by atoms with Crippen molar-refractivity contribution in [2.24, 2.45) is 0 Å². The lowest BCUT2D eigenvalue weighted by atomic mass is 9.96. The number of carbonyl (C=O) groups excluding carboxylic acids is 2. The standard InChI is InChI=1S/C17H14ClNO3/c1-10-2-7-14-11(8-10)9-15(22-17(14)21)16(20)19-13-5-3-12(18)4-6-13/h2-8,15H,9H2,1H3,(H,19,20). The number of cyclic esters (lactones) is 1. The van der Waals surface area contributed by atoms with Gasteiger partial charge in [0.15, 0.2) is 6.10 Å². The number of benzene rings is 2. The quantitative estimate of drug-likeness (QED) is 0.864. The molecule has 112 valence electrons. The molecule has 0 bridgehead atoms. The largest absolute Gasteiger partial charge is 0.448 e. The predicted molar refractivity (Wildman–Crippen MR) is 84.2 cm³/mol. The Morgan fingerprint density at radius 2 is 1.95 bits per heavy atom. The van der Waals surface area contributed by atoms with E-state index in [0.717, 1.165) is 11.1 Å². The lowest BCUT2D eigenvalue weighted by Crippen LogP contribution is -2.38. The van der Waals surface area contributed by atoms with Crippen molar-refractivity contribution in [1.82, 2.24) is 0 Å². The zero-order valence-electron chi connectivity index (χ0n) is 11.9. The molecule has 1 atom stereocenters. The topological polar surface area (TPSA) is 55.4 Å². The number of hydrogen-bond donors (Lipinski definition) is 1. The molecular formula is C17H14ClNO3. The second-order valence-electron chi connectivity index (χ2n) is 5.25. The summed E-state index contributed by atoms with van der Waals surface area (Å²) in [6, 6.07) is 12.3. The Bertz CT molecular complexity index is 740. The third-order valence-corrected chi connectivity index (χ3v) is 3.79. The maximum atomic E-state index is 12.3. The lowest BCUT2D eigenvalue weighted by molar-refractivity contribution is -0.125. The molecule has 4 nitrogen and oxygen atoms in total. The van der Waals surface area contributed by atoms with Crippen LogP contribution in [0.3, 0.4) is 0 Å².